The van der Waals surface area contributed by atoms with Gasteiger partial charge in [0.15, 0.2) is 6.61 Å². The van der Waals surface area contributed by atoms with Crippen LogP contribution in [0, 0.1) is 13.8 Å². The Hall–Kier alpha value is -2.38. The van der Waals surface area contributed by atoms with Crippen LogP contribution in [0.5, 0.6) is 5.75 Å². The average Bonchev–Trinajstić information content (AvgIpc) is 2.70. The number of hydrogen-bond acceptors (Lipinski definition) is 4. The van der Waals surface area contributed by atoms with Crippen LogP contribution in [0.3, 0.4) is 0 Å². The lowest BCUT2D eigenvalue weighted by Crippen LogP contribution is -2.51. The number of amides is 2. The Labute approximate surface area is 180 Å². The molecule has 1 fully saturated rings. The Morgan fingerprint density at radius 3 is 2.31 bits per heavy atom. The van der Waals surface area contributed by atoms with Gasteiger partial charge in [0.05, 0.1) is 11.0 Å². The first-order valence-corrected chi connectivity index (χ1v) is 10.5. The van der Waals surface area contributed by atoms with Gasteiger partial charge in [-0.1, -0.05) is 30.3 Å². The quantitative estimate of drug-likeness (QED) is 0.719. The summed E-state index contributed by atoms with van der Waals surface area (Å²) in [6.07, 6.45) is 0. The first-order valence-electron chi connectivity index (χ1n) is 9.67. The largest absolute Gasteiger partial charge is 0.483 e. The average molecular weight is 460 g/mol. The Morgan fingerprint density at radius 1 is 1.00 bits per heavy atom. The van der Waals surface area contributed by atoms with Crippen molar-refractivity contribution < 1.29 is 14.3 Å². The van der Waals surface area contributed by atoms with Crippen LogP contribution < -0.4 is 10.1 Å². The number of benzene rings is 2. The summed E-state index contributed by atoms with van der Waals surface area (Å²) >= 11 is 3.41. The molecule has 1 aliphatic heterocycles. The molecule has 0 radical (unpaired) electrons. The third-order valence-electron chi connectivity index (χ3n) is 5.03. The summed E-state index contributed by atoms with van der Waals surface area (Å²) in [4.78, 5) is 28.7. The van der Waals surface area contributed by atoms with Crippen molar-refractivity contribution in [1.29, 1.82) is 0 Å². The zero-order chi connectivity index (χ0) is 20.8. The smallest absolute Gasteiger partial charge is 0.260 e. The van der Waals surface area contributed by atoms with E-state index in [2.05, 4.69) is 26.1 Å². The molecule has 1 N–H and O–H groups in total. The number of aryl methyl sites for hydroxylation is 2. The van der Waals surface area contributed by atoms with Crippen molar-refractivity contribution in [2.75, 3.05) is 44.6 Å². The molecule has 0 unspecified atom stereocenters. The van der Waals surface area contributed by atoms with Crippen molar-refractivity contribution in [2.24, 2.45) is 0 Å². The Morgan fingerprint density at radius 2 is 1.66 bits per heavy atom. The van der Waals surface area contributed by atoms with E-state index in [0.29, 0.717) is 38.5 Å². The van der Waals surface area contributed by atoms with Gasteiger partial charge in [-0.25, -0.2) is 0 Å². The molecule has 154 valence electrons. The summed E-state index contributed by atoms with van der Waals surface area (Å²) < 4.78 is 6.44. The van der Waals surface area contributed by atoms with Crippen LogP contribution in [-0.4, -0.2) is 60.9 Å². The number of anilines is 1. The lowest BCUT2D eigenvalue weighted by Gasteiger charge is -2.34. The van der Waals surface area contributed by atoms with Crippen molar-refractivity contribution in [3.05, 3.63) is 58.1 Å². The fraction of sp³-hybridized carbons (Fsp3) is 0.364. The maximum absolute atomic E-state index is 12.4. The van der Waals surface area contributed by atoms with Crippen LogP contribution in [0.1, 0.15) is 11.1 Å². The first-order chi connectivity index (χ1) is 13.9. The number of carbonyl (C=O) groups excluding carboxylic acids is 2. The zero-order valence-corrected chi connectivity index (χ0v) is 18.4. The lowest BCUT2D eigenvalue weighted by molar-refractivity contribution is -0.135. The number of piperazine rings is 1. The number of ether oxygens (including phenoxy) is 1. The summed E-state index contributed by atoms with van der Waals surface area (Å²) in [5, 5.41) is 3.02. The second kappa shape index (κ2) is 9.89. The molecule has 29 heavy (non-hydrogen) atoms. The Bertz CT molecular complexity index is 859. The van der Waals surface area contributed by atoms with Crippen molar-refractivity contribution in [3.63, 3.8) is 0 Å². The molecule has 1 heterocycles. The van der Waals surface area contributed by atoms with Gasteiger partial charge in [-0.2, -0.15) is 0 Å². The van der Waals surface area contributed by atoms with Gasteiger partial charge in [0.1, 0.15) is 5.75 Å². The SMILES string of the molecule is Cc1cccc(C)c1NC(=O)CN1CCN(C(=O)COc2ccccc2Br)CC1. The minimum absolute atomic E-state index is 0.00958. The first kappa shape index (κ1) is 21.3. The Kier molecular flexibility index (Phi) is 7.28. The van der Waals surface area contributed by atoms with Gasteiger partial charge in [0.25, 0.3) is 5.91 Å². The highest BCUT2D eigenvalue weighted by atomic mass is 79.9. The molecule has 0 atom stereocenters. The molecule has 7 heteroatoms. The molecule has 0 saturated carbocycles. The number of rotatable bonds is 6. The summed E-state index contributed by atoms with van der Waals surface area (Å²) in [5.41, 5.74) is 2.99. The second-order valence-electron chi connectivity index (χ2n) is 7.19. The molecule has 2 aromatic rings. The van der Waals surface area contributed by atoms with E-state index in [1.54, 1.807) is 4.90 Å². The van der Waals surface area contributed by atoms with E-state index in [-0.39, 0.29) is 18.4 Å². The van der Waals surface area contributed by atoms with Crippen LogP contribution in [0.2, 0.25) is 0 Å². The van der Waals surface area contributed by atoms with Gasteiger partial charge in [-0.3, -0.25) is 14.5 Å². The zero-order valence-electron chi connectivity index (χ0n) is 16.8. The third-order valence-corrected chi connectivity index (χ3v) is 5.68. The molecular formula is C22H26BrN3O3. The molecule has 0 bridgehead atoms. The van der Waals surface area contributed by atoms with E-state index in [9.17, 15) is 9.59 Å². The van der Waals surface area contributed by atoms with Crippen LogP contribution in [0.25, 0.3) is 0 Å². The third kappa shape index (κ3) is 5.81. The minimum atomic E-state index is -0.0413. The van der Waals surface area contributed by atoms with Crippen LogP contribution >= 0.6 is 15.9 Å². The molecule has 2 aromatic carbocycles. The summed E-state index contributed by atoms with van der Waals surface area (Å²) in [7, 11) is 0. The maximum Gasteiger partial charge on any atom is 0.260 e. The molecule has 3 rings (SSSR count). The molecule has 0 spiro atoms. The van der Waals surface area contributed by atoms with E-state index in [0.717, 1.165) is 21.3 Å². The molecule has 0 aromatic heterocycles. The monoisotopic (exact) mass is 459 g/mol. The predicted octanol–water partition coefficient (Wildman–Crippen LogP) is 3.23. The highest BCUT2D eigenvalue weighted by molar-refractivity contribution is 9.10. The topological polar surface area (TPSA) is 61.9 Å². The predicted molar refractivity (Wildman–Crippen MR) is 117 cm³/mol. The lowest BCUT2D eigenvalue weighted by atomic mass is 10.1. The molecular weight excluding hydrogens is 434 g/mol. The van der Waals surface area contributed by atoms with Gasteiger partial charge < -0.3 is 15.0 Å². The number of para-hydroxylation sites is 2. The van der Waals surface area contributed by atoms with E-state index < -0.39 is 0 Å². The number of nitrogens with one attached hydrogen (secondary N) is 1. The highest BCUT2D eigenvalue weighted by Crippen LogP contribution is 2.23. The van der Waals surface area contributed by atoms with Gasteiger partial charge in [-0.05, 0) is 53.0 Å². The normalized spacial score (nSPS) is 14.5. The summed E-state index contributed by atoms with van der Waals surface area (Å²) in [6.45, 7) is 6.83. The summed E-state index contributed by atoms with van der Waals surface area (Å²) in [6, 6.07) is 13.4. The molecule has 6 nitrogen and oxygen atoms in total. The van der Waals surface area contributed by atoms with Gasteiger partial charge in [0, 0.05) is 31.9 Å². The van der Waals surface area contributed by atoms with Gasteiger partial charge >= 0.3 is 0 Å². The molecule has 0 aliphatic carbocycles. The van der Waals surface area contributed by atoms with Crippen molar-refractivity contribution in [3.8, 4) is 5.75 Å². The van der Waals surface area contributed by atoms with Gasteiger partial charge in [0.2, 0.25) is 5.91 Å². The van der Waals surface area contributed by atoms with E-state index in [1.807, 2.05) is 56.3 Å². The minimum Gasteiger partial charge on any atom is -0.483 e. The van der Waals surface area contributed by atoms with E-state index >= 15 is 0 Å². The molecule has 1 aliphatic rings. The van der Waals surface area contributed by atoms with Crippen molar-refractivity contribution >= 4 is 33.4 Å². The molecule has 1 saturated heterocycles. The highest BCUT2D eigenvalue weighted by Gasteiger charge is 2.23. The van der Waals surface area contributed by atoms with Crippen LogP contribution in [0.4, 0.5) is 5.69 Å². The van der Waals surface area contributed by atoms with Crippen molar-refractivity contribution in [1.82, 2.24) is 9.80 Å². The maximum atomic E-state index is 12.4. The molecule has 2 amide bonds. The number of halogens is 1. The second-order valence-corrected chi connectivity index (χ2v) is 8.05. The standard InChI is InChI=1S/C22H26BrN3O3/c1-16-6-5-7-17(2)22(16)24-20(27)14-25-10-12-26(13-11-25)21(28)15-29-19-9-4-3-8-18(19)23/h3-9H,10-15H2,1-2H3,(H,24,27). The summed E-state index contributed by atoms with van der Waals surface area (Å²) in [5.74, 6) is 0.586. The number of hydrogen-bond donors (Lipinski definition) is 1. The number of carbonyl (C=O) groups is 2. The Balaban J connectivity index is 1.43. The fourth-order valence-electron chi connectivity index (χ4n) is 3.34. The van der Waals surface area contributed by atoms with Crippen LogP contribution in [-0.2, 0) is 9.59 Å². The van der Waals surface area contributed by atoms with Crippen molar-refractivity contribution in [2.45, 2.75) is 13.8 Å². The van der Waals surface area contributed by atoms with Gasteiger partial charge in [-0.15, -0.1) is 0 Å². The van der Waals surface area contributed by atoms with Crippen LogP contribution in [0.15, 0.2) is 46.9 Å². The van der Waals surface area contributed by atoms with E-state index in [4.69, 9.17) is 4.74 Å². The van der Waals surface area contributed by atoms with E-state index in [1.165, 1.54) is 0 Å². The number of nitrogens with zero attached hydrogens (tertiary/aromatic N) is 2. The fourth-order valence-corrected chi connectivity index (χ4v) is 3.74.